The lowest BCUT2D eigenvalue weighted by atomic mass is 9.96. The summed E-state index contributed by atoms with van der Waals surface area (Å²) in [6.07, 6.45) is 1.75. The van der Waals surface area contributed by atoms with Crippen LogP contribution in [-0.4, -0.2) is 50.3 Å². The summed E-state index contributed by atoms with van der Waals surface area (Å²) < 4.78 is 5.11. The molecule has 2 aromatic heterocycles. The van der Waals surface area contributed by atoms with Crippen molar-refractivity contribution in [3.63, 3.8) is 0 Å². The van der Waals surface area contributed by atoms with Crippen LogP contribution in [0.3, 0.4) is 0 Å². The number of hydrogen-bond acceptors (Lipinski definition) is 5. The van der Waals surface area contributed by atoms with E-state index in [-0.39, 0.29) is 6.04 Å². The maximum absolute atomic E-state index is 6.01. The van der Waals surface area contributed by atoms with Crippen molar-refractivity contribution in [3.8, 4) is 0 Å². The molecule has 0 amide bonds. The standard InChI is InChI=1S/C33H35N5S2/c39-33-37(19-18-27-11-4-1-5-12-27)31(25-30-17-10-24-40-30)34-38(33)26-35-20-22-36(23-21-35)32(28-13-6-2-7-14-28)29-15-8-3-9-16-29/h1-17,24,32H,18-23,25-26H2. The average Bonchev–Trinajstić information content (AvgIpc) is 3.62. The number of nitrogens with zero attached hydrogens (tertiary/aromatic N) is 5. The summed E-state index contributed by atoms with van der Waals surface area (Å²) in [5.41, 5.74) is 4.02. The zero-order valence-electron chi connectivity index (χ0n) is 22.7. The second-order valence-electron chi connectivity index (χ2n) is 10.4. The number of aromatic nitrogens is 3. The maximum Gasteiger partial charge on any atom is 0.199 e. The Morgan fingerprint density at radius 1 is 0.750 bits per heavy atom. The van der Waals surface area contributed by atoms with E-state index in [1.54, 1.807) is 11.3 Å². The van der Waals surface area contributed by atoms with E-state index in [0.29, 0.717) is 0 Å². The lowest BCUT2D eigenvalue weighted by Crippen LogP contribution is -2.48. The van der Waals surface area contributed by atoms with Crippen LogP contribution in [0.5, 0.6) is 0 Å². The monoisotopic (exact) mass is 565 g/mol. The van der Waals surface area contributed by atoms with Crippen LogP contribution >= 0.6 is 23.6 Å². The van der Waals surface area contributed by atoms with Crippen LogP contribution in [0.2, 0.25) is 0 Å². The van der Waals surface area contributed by atoms with Gasteiger partial charge in [0.1, 0.15) is 5.82 Å². The molecule has 204 valence electrons. The van der Waals surface area contributed by atoms with E-state index in [1.807, 2.05) is 4.68 Å². The SMILES string of the molecule is S=c1n(CN2CCN(C(c3ccccc3)c3ccccc3)CC2)nc(Cc2cccs2)n1CCc1ccccc1. The molecule has 6 rings (SSSR count). The van der Waals surface area contributed by atoms with Gasteiger partial charge < -0.3 is 4.57 Å². The minimum atomic E-state index is 0.265. The largest absolute Gasteiger partial charge is 0.303 e. The summed E-state index contributed by atoms with van der Waals surface area (Å²) in [5.74, 6) is 1.05. The van der Waals surface area contributed by atoms with Gasteiger partial charge >= 0.3 is 0 Å². The Morgan fingerprint density at radius 2 is 1.38 bits per heavy atom. The summed E-state index contributed by atoms with van der Waals surface area (Å²) in [6.45, 7) is 5.53. The summed E-state index contributed by atoms with van der Waals surface area (Å²) >= 11 is 7.79. The van der Waals surface area contributed by atoms with Crippen molar-refractivity contribution in [2.45, 2.75) is 32.1 Å². The molecule has 7 heteroatoms. The first-order chi connectivity index (χ1) is 19.7. The Bertz CT molecular complexity index is 1480. The quantitative estimate of drug-likeness (QED) is 0.177. The second kappa shape index (κ2) is 12.9. The van der Waals surface area contributed by atoms with Crippen molar-refractivity contribution in [1.29, 1.82) is 0 Å². The number of aryl methyl sites for hydroxylation is 1. The molecule has 0 atom stereocenters. The van der Waals surface area contributed by atoms with E-state index in [9.17, 15) is 0 Å². The highest BCUT2D eigenvalue weighted by Gasteiger charge is 2.27. The number of piperazine rings is 1. The van der Waals surface area contributed by atoms with Crippen molar-refractivity contribution in [2.24, 2.45) is 0 Å². The van der Waals surface area contributed by atoms with Crippen molar-refractivity contribution < 1.29 is 0 Å². The van der Waals surface area contributed by atoms with E-state index >= 15 is 0 Å². The number of thiophene rings is 1. The molecular weight excluding hydrogens is 531 g/mol. The molecule has 5 aromatic rings. The van der Waals surface area contributed by atoms with Gasteiger partial charge in [0, 0.05) is 44.0 Å². The third-order valence-corrected chi connectivity index (χ3v) is 9.02. The lowest BCUT2D eigenvalue weighted by molar-refractivity contribution is 0.0842. The highest BCUT2D eigenvalue weighted by molar-refractivity contribution is 7.71. The molecule has 40 heavy (non-hydrogen) atoms. The summed E-state index contributed by atoms with van der Waals surface area (Å²) in [6, 6.07) is 37.0. The molecule has 0 spiro atoms. The van der Waals surface area contributed by atoms with Crippen LogP contribution in [0.4, 0.5) is 0 Å². The number of hydrogen-bond donors (Lipinski definition) is 0. The molecule has 3 heterocycles. The van der Waals surface area contributed by atoms with Crippen molar-refractivity contribution in [1.82, 2.24) is 24.1 Å². The van der Waals surface area contributed by atoms with E-state index in [4.69, 9.17) is 17.3 Å². The molecule has 5 nitrogen and oxygen atoms in total. The normalized spacial score (nSPS) is 14.6. The van der Waals surface area contributed by atoms with Gasteiger partial charge in [-0.05, 0) is 46.8 Å². The van der Waals surface area contributed by atoms with E-state index in [1.165, 1.54) is 21.6 Å². The van der Waals surface area contributed by atoms with Gasteiger partial charge in [-0.3, -0.25) is 9.80 Å². The molecule has 1 aliphatic heterocycles. The Morgan fingerprint density at radius 3 is 1.98 bits per heavy atom. The van der Waals surface area contributed by atoms with Crippen LogP contribution in [0.15, 0.2) is 109 Å². The van der Waals surface area contributed by atoms with Crippen LogP contribution < -0.4 is 0 Å². The lowest BCUT2D eigenvalue weighted by Gasteiger charge is -2.39. The molecule has 0 aliphatic carbocycles. The molecule has 0 bridgehead atoms. The summed E-state index contributed by atoms with van der Waals surface area (Å²) in [5, 5.41) is 7.20. The molecule has 0 radical (unpaired) electrons. The highest BCUT2D eigenvalue weighted by Crippen LogP contribution is 2.29. The van der Waals surface area contributed by atoms with Gasteiger partial charge in [-0.15, -0.1) is 11.3 Å². The molecule has 0 saturated carbocycles. The molecule has 1 saturated heterocycles. The number of rotatable bonds is 10. The minimum Gasteiger partial charge on any atom is -0.303 e. The van der Waals surface area contributed by atoms with Crippen LogP contribution in [-0.2, 0) is 26.1 Å². The molecule has 3 aromatic carbocycles. The Labute approximate surface area is 245 Å². The predicted octanol–water partition coefficient (Wildman–Crippen LogP) is 6.67. The van der Waals surface area contributed by atoms with Crippen molar-refractivity contribution >= 4 is 23.6 Å². The Kier molecular flexibility index (Phi) is 8.64. The van der Waals surface area contributed by atoms with Gasteiger partial charge in [0.05, 0.1) is 12.7 Å². The maximum atomic E-state index is 6.01. The van der Waals surface area contributed by atoms with E-state index in [2.05, 4.69) is 123 Å². The minimum absolute atomic E-state index is 0.265. The van der Waals surface area contributed by atoms with Crippen LogP contribution in [0, 0.1) is 4.77 Å². The van der Waals surface area contributed by atoms with Gasteiger partial charge in [0.15, 0.2) is 4.77 Å². The zero-order valence-corrected chi connectivity index (χ0v) is 24.3. The van der Waals surface area contributed by atoms with Gasteiger partial charge in [-0.2, -0.15) is 5.10 Å². The smallest absolute Gasteiger partial charge is 0.199 e. The second-order valence-corrected chi connectivity index (χ2v) is 11.8. The Balaban J connectivity index is 1.17. The van der Waals surface area contributed by atoms with Crippen LogP contribution in [0.25, 0.3) is 0 Å². The third-order valence-electron chi connectivity index (χ3n) is 7.72. The highest BCUT2D eigenvalue weighted by atomic mass is 32.1. The van der Waals surface area contributed by atoms with Gasteiger partial charge in [0.25, 0.3) is 0 Å². The molecule has 0 unspecified atom stereocenters. The summed E-state index contributed by atoms with van der Waals surface area (Å²) in [7, 11) is 0. The third kappa shape index (κ3) is 6.34. The fraction of sp³-hybridized carbons (Fsp3) is 0.273. The fourth-order valence-corrected chi connectivity index (χ4v) is 6.62. The first-order valence-corrected chi connectivity index (χ1v) is 15.3. The molecule has 0 N–H and O–H groups in total. The average molecular weight is 566 g/mol. The first kappa shape index (κ1) is 26.8. The van der Waals surface area contributed by atoms with E-state index < -0.39 is 0 Å². The molecular formula is C33H35N5S2. The fourth-order valence-electron chi connectivity index (χ4n) is 5.63. The van der Waals surface area contributed by atoms with Crippen LogP contribution in [0.1, 0.15) is 33.4 Å². The van der Waals surface area contributed by atoms with Gasteiger partial charge in [-0.1, -0.05) is 97.1 Å². The van der Waals surface area contributed by atoms with Gasteiger partial charge in [-0.25, -0.2) is 4.68 Å². The molecule has 1 fully saturated rings. The Hall–Kier alpha value is -3.36. The van der Waals surface area contributed by atoms with Gasteiger partial charge in [0.2, 0.25) is 0 Å². The summed E-state index contributed by atoms with van der Waals surface area (Å²) in [4.78, 5) is 6.42. The van der Waals surface area contributed by atoms with E-state index in [0.717, 1.165) is 62.8 Å². The zero-order chi connectivity index (χ0) is 27.1. The van der Waals surface area contributed by atoms with Crippen molar-refractivity contribution in [2.75, 3.05) is 26.2 Å². The number of benzene rings is 3. The predicted molar refractivity (Wildman–Crippen MR) is 166 cm³/mol. The first-order valence-electron chi connectivity index (χ1n) is 14.0. The topological polar surface area (TPSA) is 29.2 Å². The van der Waals surface area contributed by atoms with Crippen molar-refractivity contribution in [3.05, 3.63) is 141 Å². The molecule has 1 aliphatic rings.